The van der Waals surface area contributed by atoms with Crippen molar-refractivity contribution in [3.63, 3.8) is 0 Å². The number of hydrogen-bond donors (Lipinski definition) is 0. The predicted molar refractivity (Wildman–Crippen MR) is 16.7 cm³/mol. The fourth-order valence-electron chi connectivity index (χ4n) is 0.0456. The zero-order chi connectivity index (χ0) is 4.12. The van der Waals surface area contributed by atoms with E-state index in [1.165, 1.54) is 0 Å². The van der Waals surface area contributed by atoms with Crippen molar-refractivity contribution in [2.75, 3.05) is 0 Å². The molecule has 0 aliphatic heterocycles. The van der Waals surface area contributed by atoms with Crippen molar-refractivity contribution in [3.8, 4) is 12.0 Å². The fraction of sp³-hybridized carbons (Fsp3) is 0.333. The van der Waals surface area contributed by atoms with Crippen LogP contribution in [-0.4, -0.2) is 0 Å². The monoisotopic (exact) mass is 69.0 g/mol. The Kier molecular flexibility index (Phi) is 2.87. The van der Waals surface area contributed by atoms with Crippen LogP contribution in [0.5, 0.6) is 0 Å². The third kappa shape index (κ3) is 3.32. The Balaban J connectivity index is 2.81. The van der Waals surface area contributed by atoms with Crippen LogP contribution in [-0.2, 0) is 4.84 Å². The summed E-state index contributed by atoms with van der Waals surface area (Å²) in [7, 11) is 0. The molecule has 26 valence electrons. The van der Waals surface area contributed by atoms with Crippen LogP contribution in [0.3, 0.4) is 0 Å². The lowest BCUT2D eigenvalue weighted by atomic mass is 10.8. The van der Waals surface area contributed by atoms with Crippen molar-refractivity contribution in [1.82, 2.24) is 5.90 Å². The molecule has 0 heterocycles. The molecule has 0 aromatic heterocycles. The SMILES string of the molecule is CC#CO[N]. The van der Waals surface area contributed by atoms with Crippen LogP contribution in [0, 0.1) is 12.0 Å². The van der Waals surface area contributed by atoms with E-state index in [0.717, 1.165) is 0 Å². The Morgan fingerprint density at radius 3 is 2.40 bits per heavy atom. The van der Waals surface area contributed by atoms with Crippen LogP contribution < -0.4 is 5.90 Å². The molecule has 0 N–H and O–H groups in total. The van der Waals surface area contributed by atoms with Gasteiger partial charge in [-0.05, 0) is 0 Å². The molecule has 0 fully saturated rings. The van der Waals surface area contributed by atoms with E-state index in [1.54, 1.807) is 6.92 Å². The summed E-state index contributed by atoms with van der Waals surface area (Å²) in [4.78, 5) is 3.33. The van der Waals surface area contributed by atoms with Gasteiger partial charge in [0.25, 0.3) is 0 Å². The molecule has 0 bridgehead atoms. The summed E-state index contributed by atoms with van der Waals surface area (Å²) in [5, 5.41) is 0. The number of rotatable bonds is 0. The maximum absolute atomic E-state index is 7.39. The maximum atomic E-state index is 7.39. The van der Waals surface area contributed by atoms with Gasteiger partial charge < -0.3 is 4.84 Å². The van der Waals surface area contributed by atoms with Gasteiger partial charge in [0.2, 0.25) is 0 Å². The van der Waals surface area contributed by atoms with Crippen molar-refractivity contribution in [3.05, 3.63) is 0 Å². The van der Waals surface area contributed by atoms with Crippen LogP contribution in [0.25, 0.3) is 0 Å². The summed E-state index contributed by atoms with van der Waals surface area (Å²) in [5.74, 6) is 9.69. The first-order chi connectivity index (χ1) is 2.41. The Labute approximate surface area is 30.9 Å². The van der Waals surface area contributed by atoms with Gasteiger partial charge in [0.05, 0.1) is 0 Å². The molecule has 2 nitrogen and oxygen atoms in total. The van der Waals surface area contributed by atoms with Gasteiger partial charge in [-0.1, -0.05) is 5.92 Å². The maximum Gasteiger partial charge on any atom is 0.141 e. The Morgan fingerprint density at radius 2 is 2.40 bits per heavy atom. The molecule has 0 unspecified atom stereocenters. The van der Waals surface area contributed by atoms with E-state index in [2.05, 4.69) is 10.8 Å². The Hall–Kier alpha value is -0.680. The lowest BCUT2D eigenvalue weighted by Gasteiger charge is -1.61. The second-order valence-corrected chi connectivity index (χ2v) is 0.443. The average molecular weight is 69.1 g/mol. The highest BCUT2D eigenvalue weighted by molar-refractivity contribution is 4.83. The van der Waals surface area contributed by atoms with Gasteiger partial charge in [0, 0.05) is 6.92 Å². The first-order valence-corrected chi connectivity index (χ1v) is 1.14. The topological polar surface area (TPSA) is 31.5 Å². The van der Waals surface area contributed by atoms with Gasteiger partial charge in [0.15, 0.2) is 0 Å². The van der Waals surface area contributed by atoms with Crippen molar-refractivity contribution in [2.24, 2.45) is 0 Å². The van der Waals surface area contributed by atoms with Crippen molar-refractivity contribution in [2.45, 2.75) is 6.92 Å². The number of hydrogen-bond acceptors (Lipinski definition) is 1. The van der Waals surface area contributed by atoms with Gasteiger partial charge >= 0.3 is 0 Å². The van der Waals surface area contributed by atoms with Gasteiger partial charge in [-0.2, -0.15) is 0 Å². The first kappa shape index (κ1) is 4.32. The van der Waals surface area contributed by atoms with Gasteiger partial charge in [-0.15, -0.1) is 0 Å². The molecule has 0 spiro atoms. The summed E-state index contributed by atoms with van der Waals surface area (Å²) in [6.07, 6.45) is 1.92. The zero-order valence-electron chi connectivity index (χ0n) is 2.86. The third-order valence-corrected chi connectivity index (χ3v) is 0.148. The molecule has 0 aliphatic carbocycles. The van der Waals surface area contributed by atoms with E-state index in [-0.39, 0.29) is 0 Å². The molecular weight excluding hydrogens is 66.0 g/mol. The molecule has 0 saturated heterocycles. The Bertz CT molecular complexity index is 59.0. The zero-order valence-corrected chi connectivity index (χ0v) is 2.86. The molecular formula is C3H3NO. The van der Waals surface area contributed by atoms with Gasteiger partial charge in [-0.25, -0.2) is 0 Å². The minimum absolute atomic E-state index is 1.57. The average Bonchev–Trinajstić information content (AvgIpc) is 1.41. The first-order valence-electron chi connectivity index (χ1n) is 1.14. The van der Waals surface area contributed by atoms with Crippen LogP contribution in [0.1, 0.15) is 6.92 Å². The van der Waals surface area contributed by atoms with E-state index in [4.69, 9.17) is 5.90 Å². The molecule has 5 heavy (non-hydrogen) atoms. The largest absolute Gasteiger partial charge is 0.313 e. The van der Waals surface area contributed by atoms with Crippen molar-refractivity contribution >= 4 is 0 Å². The summed E-state index contributed by atoms with van der Waals surface area (Å²) < 4.78 is 0. The summed E-state index contributed by atoms with van der Waals surface area (Å²) in [6.45, 7) is 1.57. The molecule has 0 rings (SSSR count). The minimum atomic E-state index is 1.57. The highest BCUT2D eigenvalue weighted by atomic mass is 16.6. The second-order valence-electron chi connectivity index (χ2n) is 0.443. The van der Waals surface area contributed by atoms with Crippen molar-refractivity contribution in [1.29, 1.82) is 0 Å². The lowest BCUT2D eigenvalue weighted by molar-refractivity contribution is 0.266. The van der Waals surface area contributed by atoms with E-state index < -0.39 is 0 Å². The second kappa shape index (κ2) is 3.32. The molecule has 0 aromatic rings. The van der Waals surface area contributed by atoms with E-state index in [0.29, 0.717) is 0 Å². The lowest BCUT2D eigenvalue weighted by Crippen LogP contribution is -1.66. The van der Waals surface area contributed by atoms with E-state index >= 15 is 0 Å². The molecule has 0 aromatic carbocycles. The van der Waals surface area contributed by atoms with Crippen LogP contribution in [0.15, 0.2) is 0 Å². The third-order valence-electron chi connectivity index (χ3n) is 0.148. The van der Waals surface area contributed by atoms with E-state index in [9.17, 15) is 0 Å². The quantitative estimate of drug-likeness (QED) is 0.290. The van der Waals surface area contributed by atoms with Gasteiger partial charge in [0.1, 0.15) is 12.0 Å². The molecule has 0 atom stereocenters. The highest BCUT2D eigenvalue weighted by Crippen LogP contribution is 1.46. The van der Waals surface area contributed by atoms with Crippen LogP contribution in [0.4, 0.5) is 0 Å². The Morgan fingerprint density at radius 1 is 1.80 bits per heavy atom. The standard InChI is InChI=1S/C3H3NO/c1-2-3-5-4/h1H3. The molecule has 2 radical (unpaired) electrons. The predicted octanol–water partition coefficient (Wildman–Crippen LogP) is -0.0325. The van der Waals surface area contributed by atoms with Crippen molar-refractivity contribution < 1.29 is 4.84 Å². The molecule has 0 saturated carbocycles. The fourth-order valence-corrected chi connectivity index (χ4v) is 0.0456. The minimum Gasteiger partial charge on any atom is -0.313 e. The van der Waals surface area contributed by atoms with E-state index in [1.807, 2.05) is 6.11 Å². The summed E-state index contributed by atoms with van der Waals surface area (Å²) >= 11 is 0. The van der Waals surface area contributed by atoms with Crippen LogP contribution >= 0.6 is 0 Å². The normalized spacial score (nSPS) is 4.40. The molecule has 0 aliphatic rings. The summed E-state index contributed by atoms with van der Waals surface area (Å²) in [5.41, 5.74) is 0. The molecule has 0 amide bonds. The smallest absolute Gasteiger partial charge is 0.141 e. The van der Waals surface area contributed by atoms with Gasteiger partial charge in [-0.3, -0.25) is 0 Å². The highest BCUT2D eigenvalue weighted by Gasteiger charge is 1.48. The molecule has 2 heteroatoms. The summed E-state index contributed by atoms with van der Waals surface area (Å²) in [6, 6.07) is 0. The van der Waals surface area contributed by atoms with Crippen LogP contribution in [0.2, 0.25) is 0 Å². The number of nitrogens with zero attached hydrogens (tertiary/aromatic N) is 1.